The standard InChI is InChI=1S/C19H16F2N2O3S2/c20-14-5-8-18(17(21)11-14)28(25,26)23-15-6-3-13(4-7-15)10-19(24)22-12-16-2-1-9-27-16/h1-9,11,23H,10,12H2,(H,22,24). The molecule has 0 saturated heterocycles. The summed E-state index contributed by atoms with van der Waals surface area (Å²) in [6.07, 6.45) is 0.144. The maximum Gasteiger partial charge on any atom is 0.264 e. The molecular formula is C19H16F2N2O3S2. The van der Waals surface area contributed by atoms with Crippen molar-refractivity contribution in [1.82, 2.24) is 5.32 Å². The molecule has 0 aliphatic carbocycles. The maximum absolute atomic E-state index is 13.7. The minimum Gasteiger partial charge on any atom is -0.351 e. The molecule has 28 heavy (non-hydrogen) atoms. The van der Waals surface area contributed by atoms with E-state index in [0.717, 1.165) is 17.0 Å². The topological polar surface area (TPSA) is 75.3 Å². The van der Waals surface area contributed by atoms with Crippen molar-refractivity contribution in [3.05, 3.63) is 82.1 Å². The van der Waals surface area contributed by atoms with Crippen LogP contribution in [0.1, 0.15) is 10.4 Å². The van der Waals surface area contributed by atoms with E-state index < -0.39 is 26.6 Å². The van der Waals surface area contributed by atoms with E-state index in [4.69, 9.17) is 0 Å². The highest BCUT2D eigenvalue weighted by Crippen LogP contribution is 2.20. The summed E-state index contributed by atoms with van der Waals surface area (Å²) in [5.74, 6) is -2.19. The third-order valence-electron chi connectivity index (χ3n) is 3.79. The van der Waals surface area contributed by atoms with Gasteiger partial charge in [0.05, 0.1) is 13.0 Å². The Labute approximate surface area is 165 Å². The lowest BCUT2D eigenvalue weighted by atomic mass is 10.1. The number of hydrogen-bond acceptors (Lipinski definition) is 4. The Kier molecular flexibility index (Phi) is 6.05. The van der Waals surface area contributed by atoms with Crippen LogP contribution in [-0.2, 0) is 27.8 Å². The third-order valence-corrected chi connectivity index (χ3v) is 6.09. The van der Waals surface area contributed by atoms with Gasteiger partial charge in [0.25, 0.3) is 10.0 Å². The third kappa shape index (κ3) is 5.14. The van der Waals surface area contributed by atoms with E-state index >= 15 is 0 Å². The van der Waals surface area contributed by atoms with Crippen LogP contribution in [0.5, 0.6) is 0 Å². The monoisotopic (exact) mass is 422 g/mol. The van der Waals surface area contributed by atoms with E-state index in [0.29, 0.717) is 18.2 Å². The van der Waals surface area contributed by atoms with Crippen LogP contribution in [0, 0.1) is 11.6 Å². The van der Waals surface area contributed by atoms with E-state index in [-0.39, 0.29) is 18.0 Å². The highest BCUT2D eigenvalue weighted by molar-refractivity contribution is 7.92. The Morgan fingerprint density at radius 3 is 2.43 bits per heavy atom. The lowest BCUT2D eigenvalue weighted by Crippen LogP contribution is -2.24. The first-order valence-corrected chi connectivity index (χ1v) is 10.6. The Hall–Kier alpha value is -2.78. The van der Waals surface area contributed by atoms with Crippen LogP contribution >= 0.6 is 11.3 Å². The molecule has 146 valence electrons. The first-order valence-electron chi connectivity index (χ1n) is 8.19. The second-order valence-electron chi connectivity index (χ2n) is 5.91. The fourth-order valence-corrected chi connectivity index (χ4v) is 4.20. The first-order chi connectivity index (χ1) is 13.3. The number of sulfonamides is 1. The van der Waals surface area contributed by atoms with Gasteiger partial charge in [0, 0.05) is 16.6 Å². The molecule has 2 aromatic carbocycles. The van der Waals surface area contributed by atoms with Crippen molar-refractivity contribution >= 4 is 33.0 Å². The SMILES string of the molecule is O=C(Cc1ccc(NS(=O)(=O)c2ccc(F)cc2F)cc1)NCc1cccs1. The second-order valence-corrected chi connectivity index (χ2v) is 8.59. The summed E-state index contributed by atoms with van der Waals surface area (Å²) in [5, 5.41) is 4.74. The lowest BCUT2D eigenvalue weighted by molar-refractivity contribution is -0.120. The van der Waals surface area contributed by atoms with E-state index in [2.05, 4.69) is 10.0 Å². The van der Waals surface area contributed by atoms with Crippen LogP contribution in [0.4, 0.5) is 14.5 Å². The molecule has 0 spiro atoms. The molecule has 0 unspecified atom stereocenters. The summed E-state index contributed by atoms with van der Waals surface area (Å²) in [5.41, 5.74) is 0.894. The summed E-state index contributed by atoms with van der Waals surface area (Å²) in [4.78, 5) is 12.4. The minimum absolute atomic E-state index is 0.144. The van der Waals surface area contributed by atoms with Gasteiger partial charge >= 0.3 is 0 Å². The molecule has 0 radical (unpaired) electrons. The minimum atomic E-state index is -4.20. The zero-order chi connectivity index (χ0) is 20.1. The molecule has 2 N–H and O–H groups in total. The number of benzene rings is 2. The molecule has 0 fully saturated rings. The zero-order valence-corrected chi connectivity index (χ0v) is 16.1. The molecule has 0 atom stereocenters. The Morgan fingerprint density at radius 1 is 1.04 bits per heavy atom. The highest BCUT2D eigenvalue weighted by atomic mass is 32.2. The fraction of sp³-hybridized carbons (Fsp3) is 0.105. The van der Waals surface area contributed by atoms with E-state index in [9.17, 15) is 22.0 Å². The van der Waals surface area contributed by atoms with Gasteiger partial charge < -0.3 is 5.32 Å². The van der Waals surface area contributed by atoms with Crippen molar-refractivity contribution < 1.29 is 22.0 Å². The van der Waals surface area contributed by atoms with E-state index in [1.807, 2.05) is 17.5 Å². The zero-order valence-electron chi connectivity index (χ0n) is 14.5. The second kappa shape index (κ2) is 8.49. The quantitative estimate of drug-likeness (QED) is 0.610. The number of anilines is 1. The smallest absolute Gasteiger partial charge is 0.264 e. The Morgan fingerprint density at radius 2 is 1.79 bits per heavy atom. The van der Waals surface area contributed by atoms with Crippen LogP contribution < -0.4 is 10.0 Å². The van der Waals surface area contributed by atoms with Crippen LogP contribution in [0.2, 0.25) is 0 Å². The van der Waals surface area contributed by atoms with Crippen LogP contribution in [-0.4, -0.2) is 14.3 Å². The maximum atomic E-state index is 13.7. The fourth-order valence-electron chi connectivity index (χ4n) is 2.44. The van der Waals surface area contributed by atoms with Gasteiger partial charge in [-0.1, -0.05) is 18.2 Å². The molecule has 9 heteroatoms. The number of thiophene rings is 1. The molecule has 5 nitrogen and oxygen atoms in total. The molecule has 1 aromatic heterocycles. The summed E-state index contributed by atoms with van der Waals surface area (Å²) in [7, 11) is -4.20. The van der Waals surface area contributed by atoms with Crippen LogP contribution in [0.3, 0.4) is 0 Å². The van der Waals surface area contributed by atoms with Gasteiger partial charge in [-0.15, -0.1) is 11.3 Å². The van der Waals surface area contributed by atoms with Gasteiger partial charge in [0.2, 0.25) is 5.91 Å². The summed E-state index contributed by atoms with van der Waals surface area (Å²) in [6.45, 7) is 0.456. The van der Waals surface area contributed by atoms with Crippen LogP contribution in [0.15, 0.2) is 64.9 Å². The highest BCUT2D eigenvalue weighted by Gasteiger charge is 2.19. The number of carbonyl (C=O) groups excluding carboxylic acids is 1. The van der Waals surface area contributed by atoms with Crippen molar-refractivity contribution in [3.63, 3.8) is 0 Å². The number of nitrogens with one attached hydrogen (secondary N) is 2. The molecule has 0 bridgehead atoms. The molecule has 1 heterocycles. The molecular weight excluding hydrogens is 406 g/mol. The number of amides is 1. The van der Waals surface area contributed by atoms with Crippen molar-refractivity contribution in [2.24, 2.45) is 0 Å². The summed E-state index contributed by atoms with van der Waals surface area (Å²) < 4.78 is 53.4. The van der Waals surface area contributed by atoms with Gasteiger partial charge in [0.1, 0.15) is 16.5 Å². The predicted molar refractivity (Wildman–Crippen MR) is 103 cm³/mol. The van der Waals surface area contributed by atoms with Crippen LogP contribution in [0.25, 0.3) is 0 Å². The van der Waals surface area contributed by atoms with Crippen molar-refractivity contribution in [2.75, 3.05) is 4.72 Å². The molecule has 3 rings (SSSR count). The number of rotatable bonds is 7. The van der Waals surface area contributed by atoms with Crippen molar-refractivity contribution in [3.8, 4) is 0 Å². The molecule has 1 amide bonds. The van der Waals surface area contributed by atoms with Gasteiger partial charge in [0.15, 0.2) is 0 Å². The average molecular weight is 422 g/mol. The van der Waals surface area contributed by atoms with Crippen molar-refractivity contribution in [2.45, 2.75) is 17.9 Å². The van der Waals surface area contributed by atoms with Gasteiger partial charge in [-0.25, -0.2) is 17.2 Å². The largest absolute Gasteiger partial charge is 0.351 e. The van der Waals surface area contributed by atoms with Gasteiger partial charge in [-0.3, -0.25) is 9.52 Å². The van der Waals surface area contributed by atoms with Crippen molar-refractivity contribution in [1.29, 1.82) is 0 Å². The number of hydrogen-bond donors (Lipinski definition) is 2. The molecule has 3 aromatic rings. The van der Waals surface area contributed by atoms with Gasteiger partial charge in [-0.2, -0.15) is 0 Å². The summed E-state index contributed by atoms with van der Waals surface area (Å²) in [6, 6.07) is 12.2. The summed E-state index contributed by atoms with van der Waals surface area (Å²) >= 11 is 1.55. The van der Waals surface area contributed by atoms with Gasteiger partial charge in [-0.05, 0) is 41.3 Å². The molecule has 0 aliphatic rings. The normalized spacial score (nSPS) is 11.2. The molecule has 0 saturated carbocycles. The average Bonchev–Trinajstić information content (AvgIpc) is 3.15. The number of carbonyl (C=O) groups is 1. The molecule has 0 aliphatic heterocycles. The van der Waals surface area contributed by atoms with E-state index in [1.54, 1.807) is 23.5 Å². The Bertz CT molecular complexity index is 1070. The predicted octanol–water partition coefficient (Wildman–Crippen LogP) is 3.69. The van der Waals surface area contributed by atoms with E-state index in [1.165, 1.54) is 12.1 Å². The Balaban J connectivity index is 1.61. The number of halogens is 2. The first kappa shape index (κ1) is 20.0. The lowest BCUT2D eigenvalue weighted by Gasteiger charge is -2.10.